The second-order valence-electron chi connectivity index (χ2n) is 8.35. The Morgan fingerprint density at radius 1 is 1.03 bits per heavy atom. The molecule has 178 valence electrons. The molecule has 0 bridgehead atoms. The second kappa shape index (κ2) is 10.3. The standard InChI is InChI=1S/C26H26N6O3/c1-15(16(2)18-5-4-6-19-20(25(33)27-3)9-10-28-24(18)19)12-30-23-11-22(31-14-32-23)17-7-8-21(26(34)35)29-13-17/h4-11,13-16H,12H2,1-3H3,(H,27,33)(H,34,35)(H,30,31,32). The summed E-state index contributed by atoms with van der Waals surface area (Å²) in [5, 5.41) is 15.9. The third-order valence-electron chi connectivity index (χ3n) is 6.17. The summed E-state index contributed by atoms with van der Waals surface area (Å²) >= 11 is 0. The maximum absolute atomic E-state index is 12.3. The number of aromatic nitrogens is 4. The largest absolute Gasteiger partial charge is 0.477 e. The van der Waals surface area contributed by atoms with Gasteiger partial charge >= 0.3 is 5.97 Å². The summed E-state index contributed by atoms with van der Waals surface area (Å²) in [6.45, 7) is 4.95. The third kappa shape index (κ3) is 5.08. The maximum atomic E-state index is 12.3. The lowest BCUT2D eigenvalue weighted by molar-refractivity contribution is 0.0690. The van der Waals surface area contributed by atoms with Crippen LogP contribution in [0.25, 0.3) is 22.2 Å². The monoisotopic (exact) mass is 470 g/mol. The van der Waals surface area contributed by atoms with Crippen LogP contribution >= 0.6 is 0 Å². The number of para-hydroxylation sites is 1. The van der Waals surface area contributed by atoms with E-state index < -0.39 is 5.97 Å². The van der Waals surface area contributed by atoms with Gasteiger partial charge in [-0.05, 0) is 35.6 Å². The van der Waals surface area contributed by atoms with Crippen LogP contribution in [0.3, 0.4) is 0 Å². The number of hydrogen-bond donors (Lipinski definition) is 3. The molecule has 0 spiro atoms. The first kappa shape index (κ1) is 23.7. The number of hydrogen-bond acceptors (Lipinski definition) is 7. The van der Waals surface area contributed by atoms with E-state index in [4.69, 9.17) is 5.11 Å². The number of amides is 1. The number of carbonyl (C=O) groups excluding carboxylic acids is 1. The quantitative estimate of drug-likeness (QED) is 0.352. The highest BCUT2D eigenvalue weighted by Gasteiger charge is 2.19. The molecule has 9 heteroatoms. The molecule has 3 heterocycles. The van der Waals surface area contributed by atoms with Gasteiger partial charge in [0, 0.05) is 43.0 Å². The predicted octanol–water partition coefficient (Wildman–Crippen LogP) is 4.00. The van der Waals surface area contributed by atoms with Crippen LogP contribution in [0.15, 0.2) is 61.2 Å². The van der Waals surface area contributed by atoms with Crippen LogP contribution in [0.2, 0.25) is 0 Å². The Morgan fingerprint density at radius 3 is 2.57 bits per heavy atom. The minimum atomic E-state index is -1.07. The first-order chi connectivity index (χ1) is 16.9. The van der Waals surface area contributed by atoms with Crippen molar-refractivity contribution in [2.75, 3.05) is 18.9 Å². The number of carboxylic acids is 1. The van der Waals surface area contributed by atoms with Gasteiger partial charge in [-0.2, -0.15) is 0 Å². The van der Waals surface area contributed by atoms with Crippen molar-refractivity contribution in [2.24, 2.45) is 5.92 Å². The minimum Gasteiger partial charge on any atom is -0.477 e. The van der Waals surface area contributed by atoms with E-state index in [0.717, 1.165) is 16.5 Å². The van der Waals surface area contributed by atoms with Crippen LogP contribution in [0.1, 0.15) is 46.2 Å². The number of nitrogens with one attached hydrogen (secondary N) is 2. The lowest BCUT2D eigenvalue weighted by Gasteiger charge is -2.22. The lowest BCUT2D eigenvalue weighted by Crippen LogP contribution is -2.19. The number of pyridine rings is 2. The van der Waals surface area contributed by atoms with Crippen LogP contribution in [-0.4, -0.2) is 50.5 Å². The normalized spacial score (nSPS) is 12.7. The van der Waals surface area contributed by atoms with Crippen molar-refractivity contribution in [3.05, 3.63) is 78.0 Å². The molecule has 3 aromatic heterocycles. The molecule has 4 aromatic rings. The maximum Gasteiger partial charge on any atom is 0.354 e. The van der Waals surface area contributed by atoms with Gasteiger partial charge in [-0.3, -0.25) is 9.78 Å². The number of fused-ring (bicyclic) bond motifs is 1. The van der Waals surface area contributed by atoms with Crippen LogP contribution in [-0.2, 0) is 0 Å². The van der Waals surface area contributed by atoms with E-state index in [1.54, 1.807) is 25.4 Å². The summed E-state index contributed by atoms with van der Waals surface area (Å²) in [4.78, 5) is 40.4. The van der Waals surface area contributed by atoms with Gasteiger partial charge in [-0.1, -0.05) is 32.0 Å². The Hall–Kier alpha value is -4.40. The highest BCUT2D eigenvalue weighted by Crippen LogP contribution is 2.31. The average molecular weight is 471 g/mol. The molecule has 1 aromatic carbocycles. The molecule has 0 fully saturated rings. The summed E-state index contributed by atoms with van der Waals surface area (Å²) in [6.07, 6.45) is 4.62. The number of carbonyl (C=O) groups is 2. The number of carboxylic acid groups (broad SMARTS) is 1. The Kier molecular flexibility index (Phi) is 6.96. The van der Waals surface area contributed by atoms with Gasteiger partial charge in [0.25, 0.3) is 5.91 Å². The van der Waals surface area contributed by atoms with E-state index in [0.29, 0.717) is 29.2 Å². The molecule has 0 radical (unpaired) electrons. The number of nitrogens with zero attached hydrogens (tertiary/aromatic N) is 4. The molecule has 0 saturated heterocycles. The summed E-state index contributed by atoms with van der Waals surface area (Å²) in [5.41, 5.74) is 3.85. The van der Waals surface area contributed by atoms with Crippen LogP contribution in [0, 0.1) is 5.92 Å². The molecule has 3 N–H and O–H groups in total. The topological polar surface area (TPSA) is 130 Å². The summed E-state index contributed by atoms with van der Waals surface area (Å²) in [5.74, 6) is -0.164. The molecule has 2 atom stereocenters. The molecule has 4 rings (SSSR count). The first-order valence-electron chi connectivity index (χ1n) is 11.2. The SMILES string of the molecule is CNC(=O)c1ccnc2c(C(C)C(C)CNc3cc(-c4ccc(C(=O)O)nc4)ncn3)cccc12. The van der Waals surface area contributed by atoms with Crippen molar-refractivity contribution in [2.45, 2.75) is 19.8 Å². The van der Waals surface area contributed by atoms with E-state index >= 15 is 0 Å². The minimum absolute atomic E-state index is 0.0191. The van der Waals surface area contributed by atoms with Gasteiger partial charge in [0.05, 0.1) is 16.8 Å². The molecular weight excluding hydrogens is 444 g/mol. The summed E-state index contributed by atoms with van der Waals surface area (Å²) in [7, 11) is 1.62. The van der Waals surface area contributed by atoms with Crippen molar-refractivity contribution < 1.29 is 14.7 Å². The molecule has 9 nitrogen and oxygen atoms in total. The number of aromatic carboxylic acids is 1. The zero-order valence-electron chi connectivity index (χ0n) is 19.7. The van der Waals surface area contributed by atoms with Crippen LogP contribution < -0.4 is 10.6 Å². The molecule has 0 saturated carbocycles. The molecule has 2 unspecified atom stereocenters. The van der Waals surface area contributed by atoms with Crippen molar-refractivity contribution in [1.29, 1.82) is 0 Å². The van der Waals surface area contributed by atoms with Crippen LogP contribution in [0.4, 0.5) is 5.82 Å². The summed E-state index contributed by atoms with van der Waals surface area (Å²) < 4.78 is 0. The fourth-order valence-electron chi connectivity index (χ4n) is 3.93. The fraction of sp³-hybridized carbons (Fsp3) is 0.231. The zero-order valence-corrected chi connectivity index (χ0v) is 19.7. The highest BCUT2D eigenvalue weighted by molar-refractivity contribution is 6.06. The number of benzene rings is 1. The Balaban J connectivity index is 1.50. The van der Waals surface area contributed by atoms with E-state index in [1.807, 2.05) is 18.2 Å². The Bertz CT molecular complexity index is 1370. The van der Waals surface area contributed by atoms with Gasteiger partial charge < -0.3 is 15.7 Å². The van der Waals surface area contributed by atoms with Crippen molar-refractivity contribution in [3.8, 4) is 11.3 Å². The second-order valence-corrected chi connectivity index (χ2v) is 8.35. The Labute approximate surface area is 202 Å². The van der Waals surface area contributed by atoms with Gasteiger partial charge in [0.15, 0.2) is 0 Å². The van der Waals surface area contributed by atoms with E-state index in [1.165, 1.54) is 18.6 Å². The first-order valence-corrected chi connectivity index (χ1v) is 11.2. The molecular formula is C26H26N6O3. The lowest BCUT2D eigenvalue weighted by atomic mass is 9.87. The van der Waals surface area contributed by atoms with Gasteiger partial charge in [0.1, 0.15) is 17.8 Å². The summed E-state index contributed by atoms with van der Waals surface area (Å²) in [6, 6.07) is 12.6. The number of rotatable bonds is 8. The average Bonchev–Trinajstić information content (AvgIpc) is 2.90. The molecule has 35 heavy (non-hydrogen) atoms. The molecule has 0 aliphatic carbocycles. The zero-order chi connectivity index (χ0) is 24.9. The van der Waals surface area contributed by atoms with Gasteiger partial charge in [0.2, 0.25) is 0 Å². The highest BCUT2D eigenvalue weighted by atomic mass is 16.4. The van der Waals surface area contributed by atoms with E-state index in [9.17, 15) is 9.59 Å². The molecule has 1 amide bonds. The molecule has 0 aliphatic heterocycles. The number of anilines is 1. The van der Waals surface area contributed by atoms with Crippen molar-refractivity contribution >= 4 is 28.6 Å². The van der Waals surface area contributed by atoms with E-state index in [-0.39, 0.29) is 23.4 Å². The Morgan fingerprint density at radius 2 is 1.86 bits per heavy atom. The fourth-order valence-corrected chi connectivity index (χ4v) is 3.93. The van der Waals surface area contributed by atoms with E-state index in [2.05, 4.69) is 50.5 Å². The van der Waals surface area contributed by atoms with Gasteiger partial charge in [-0.15, -0.1) is 0 Å². The predicted molar refractivity (Wildman–Crippen MR) is 133 cm³/mol. The van der Waals surface area contributed by atoms with Crippen molar-refractivity contribution in [3.63, 3.8) is 0 Å². The van der Waals surface area contributed by atoms with Crippen LogP contribution in [0.5, 0.6) is 0 Å². The smallest absolute Gasteiger partial charge is 0.354 e. The van der Waals surface area contributed by atoms with Gasteiger partial charge in [-0.25, -0.2) is 19.7 Å². The van der Waals surface area contributed by atoms with Crippen molar-refractivity contribution in [1.82, 2.24) is 25.3 Å². The third-order valence-corrected chi connectivity index (χ3v) is 6.17. The molecule has 0 aliphatic rings.